The van der Waals surface area contributed by atoms with Gasteiger partial charge in [0.1, 0.15) is 0 Å². The molecule has 21 heavy (non-hydrogen) atoms. The number of rotatable bonds is 8. The van der Waals surface area contributed by atoms with E-state index >= 15 is 0 Å². The van der Waals surface area contributed by atoms with Gasteiger partial charge in [0.05, 0.1) is 5.92 Å². The summed E-state index contributed by atoms with van der Waals surface area (Å²) in [5, 5.41) is 3.21. The van der Waals surface area contributed by atoms with E-state index in [2.05, 4.69) is 31.0 Å². The van der Waals surface area contributed by atoms with Gasteiger partial charge in [-0.1, -0.05) is 13.8 Å². The largest absolute Gasteiger partial charge is 0.353 e. The third kappa shape index (κ3) is 3.98. The van der Waals surface area contributed by atoms with Crippen molar-refractivity contribution in [2.24, 2.45) is 23.5 Å². The van der Waals surface area contributed by atoms with Crippen LogP contribution in [0.1, 0.15) is 52.9 Å². The lowest BCUT2D eigenvalue weighted by molar-refractivity contribution is -0.127. The summed E-state index contributed by atoms with van der Waals surface area (Å²) in [6.07, 6.45) is 5.81. The van der Waals surface area contributed by atoms with E-state index in [0.717, 1.165) is 32.5 Å². The minimum Gasteiger partial charge on any atom is -0.353 e. The van der Waals surface area contributed by atoms with E-state index in [1.165, 1.54) is 19.3 Å². The lowest BCUT2D eigenvalue weighted by Crippen LogP contribution is -2.47. The van der Waals surface area contributed by atoms with E-state index in [0.29, 0.717) is 11.8 Å². The first-order valence-corrected chi connectivity index (χ1v) is 8.85. The highest BCUT2D eigenvalue weighted by atomic mass is 16.2. The molecule has 2 fully saturated rings. The van der Waals surface area contributed by atoms with Crippen molar-refractivity contribution in [1.82, 2.24) is 10.2 Å². The quantitative estimate of drug-likeness (QED) is 0.720. The van der Waals surface area contributed by atoms with Crippen LogP contribution in [-0.4, -0.2) is 42.5 Å². The number of carbonyl (C=O) groups excluding carboxylic acids is 1. The van der Waals surface area contributed by atoms with Crippen molar-refractivity contribution in [3.63, 3.8) is 0 Å². The maximum Gasteiger partial charge on any atom is 0.225 e. The fourth-order valence-corrected chi connectivity index (χ4v) is 4.30. The van der Waals surface area contributed by atoms with E-state index < -0.39 is 0 Å². The lowest BCUT2D eigenvalue weighted by atomic mass is 9.84. The maximum atomic E-state index is 12.5. The van der Waals surface area contributed by atoms with E-state index in [1.807, 2.05) is 0 Å². The molecule has 5 unspecified atom stereocenters. The van der Waals surface area contributed by atoms with E-state index in [9.17, 15) is 4.79 Å². The first-order chi connectivity index (χ1) is 10.1. The number of hydrogen-bond acceptors (Lipinski definition) is 3. The second-order valence-corrected chi connectivity index (χ2v) is 7.02. The molecule has 0 aromatic rings. The van der Waals surface area contributed by atoms with Gasteiger partial charge in [-0.3, -0.25) is 4.79 Å². The molecule has 2 bridgehead atoms. The number of amides is 1. The zero-order valence-electron chi connectivity index (χ0n) is 14.0. The van der Waals surface area contributed by atoms with Gasteiger partial charge in [0.25, 0.3) is 0 Å². The van der Waals surface area contributed by atoms with Crippen LogP contribution < -0.4 is 11.1 Å². The molecule has 4 nitrogen and oxygen atoms in total. The van der Waals surface area contributed by atoms with Crippen LogP contribution in [-0.2, 0) is 4.79 Å². The molecule has 3 N–H and O–H groups in total. The Morgan fingerprint density at radius 2 is 1.95 bits per heavy atom. The SMILES string of the molecule is CCN(CC)CCCC(C)NC(=O)C1C2CCC(C2)C1N. The average molecular weight is 295 g/mol. The average Bonchev–Trinajstić information content (AvgIpc) is 3.04. The molecule has 1 amide bonds. The first-order valence-electron chi connectivity index (χ1n) is 8.85. The Morgan fingerprint density at radius 3 is 2.52 bits per heavy atom. The molecular weight excluding hydrogens is 262 g/mol. The van der Waals surface area contributed by atoms with Gasteiger partial charge in [-0.05, 0) is 70.5 Å². The summed E-state index contributed by atoms with van der Waals surface area (Å²) in [7, 11) is 0. The topological polar surface area (TPSA) is 58.4 Å². The molecule has 2 aliphatic carbocycles. The van der Waals surface area contributed by atoms with Crippen molar-refractivity contribution in [2.75, 3.05) is 19.6 Å². The van der Waals surface area contributed by atoms with E-state index in [4.69, 9.17) is 5.73 Å². The molecular formula is C17H33N3O. The van der Waals surface area contributed by atoms with Crippen LogP contribution in [0.4, 0.5) is 0 Å². The van der Waals surface area contributed by atoms with E-state index in [1.54, 1.807) is 0 Å². The molecule has 0 aromatic carbocycles. The van der Waals surface area contributed by atoms with Crippen molar-refractivity contribution in [3.8, 4) is 0 Å². The Balaban J connectivity index is 1.70. The Morgan fingerprint density at radius 1 is 1.29 bits per heavy atom. The smallest absolute Gasteiger partial charge is 0.225 e. The highest BCUT2D eigenvalue weighted by Crippen LogP contribution is 2.47. The molecule has 0 heterocycles. The summed E-state index contributed by atoms with van der Waals surface area (Å²) >= 11 is 0. The summed E-state index contributed by atoms with van der Waals surface area (Å²) in [5.41, 5.74) is 6.25. The van der Waals surface area contributed by atoms with Gasteiger partial charge in [0, 0.05) is 12.1 Å². The monoisotopic (exact) mass is 295 g/mol. The molecule has 5 atom stereocenters. The molecule has 0 aromatic heterocycles. The van der Waals surface area contributed by atoms with Crippen molar-refractivity contribution in [1.29, 1.82) is 0 Å². The summed E-state index contributed by atoms with van der Waals surface area (Å²) in [6, 6.07) is 0.367. The Kier molecular flexibility index (Phi) is 6.06. The van der Waals surface area contributed by atoms with E-state index in [-0.39, 0.29) is 23.9 Å². The van der Waals surface area contributed by atoms with Gasteiger partial charge in [0.15, 0.2) is 0 Å². The van der Waals surface area contributed by atoms with Crippen molar-refractivity contribution < 1.29 is 4.79 Å². The van der Waals surface area contributed by atoms with Crippen LogP contribution in [0.5, 0.6) is 0 Å². The third-order valence-electron chi connectivity index (χ3n) is 5.68. The number of carbonyl (C=O) groups is 1. The first kappa shape index (κ1) is 16.8. The summed E-state index contributed by atoms with van der Waals surface area (Å²) < 4.78 is 0. The Hall–Kier alpha value is -0.610. The normalized spacial score (nSPS) is 32.6. The van der Waals surface area contributed by atoms with Gasteiger partial charge >= 0.3 is 0 Å². The molecule has 0 saturated heterocycles. The fourth-order valence-electron chi connectivity index (χ4n) is 4.30. The molecule has 0 radical (unpaired) electrons. The number of nitrogens with two attached hydrogens (primary N) is 1. The second kappa shape index (κ2) is 7.59. The van der Waals surface area contributed by atoms with Crippen LogP contribution in [0.15, 0.2) is 0 Å². The van der Waals surface area contributed by atoms with Gasteiger partial charge in [0.2, 0.25) is 5.91 Å². The zero-order chi connectivity index (χ0) is 15.4. The minimum absolute atomic E-state index is 0.0778. The zero-order valence-corrected chi connectivity index (χ0v) is 14.0. The molecule has 0 spiro atoms. The number of hydrogen-bond donors (Lipinski definition) is 2. The van der Waals surface area contributed by atoms with Crippen molar-refractivity contribution >= 4 is 5.91 Å². The van der Waals surface area contributed by atoms with Crippen LogP contribution in [0.3, 0.4) is 0 Å². The molecule has 2 aliphatic rings. The van der Waals surface area contributed by atoms with Crippen LogP contribution in [0, 0.1) is 17.8 Å². The minimum atomic E-state index is 0.0778. The maximum absolute atomic E-state index is 12.5. The van der Waals surface area contributed by atoms with Crippen LogP contribution >= 0.6 is 0 Å². The Labute approximate surface area is 129 Å². The van der Waals surface area contributed by atoms with Gasteiger partial charge in [-0.2, -0.15) is 0 Å². The van der Waals surface area contributed by atoms with Crippen LogP contribution in [0.25, 0.3) is 0 Å². The molecule has 4 heteroatoms. The lowest BCUT2D eigenvalue weighted by Gasteiger charge is -2.28. The van der Waals surface area contributed by atoms with Crippen molar-refractivity contribution in [3.05, 3.63) is 0 Å². The van der Waals surface area contributed by atoms with Crippen molar-refractivity contribution in [2.45, 2.75) is 65.0 Å². The number of nitrogens with zero attached hydrogens (tertiary/aromatic N) is 1. The van der Waals surface area contributed by atoms with Gasteiger partial charge < -0.3 is 16.0 Å². The van der Waals surface area contributed by atoms with Gasteiger partial charge in [-0.25, -0.2) is 0 Å². The fraction of sp³-hybridized carbons (Fsp3) is 0.941. The molecule has 2 saturated carbocycles. The molecule has 2 rings (SSSR count). The molecule has 122 valence electrons. The Bertz CT molecular complexity index is 341. The second-order valence-electron chi connectivity index (χ2n) is 7.02. The predicted octanol–water partition coefficient (Wildman–Crippen LogP) is 1.99. The summed E-state index contributed by atoms with van der Waals surface area (Å²) in [5.74, 6) is 1.44. The predicted molar refractivity (Wildman–Crippen MR) is 86.9 cm³/mol. The third-order valence-corrected chi connectivity index (χ3v) is 5.68. The summed E-state index contributed by atoms with van der Waals surface area (Å²) in [4.78, 5) is 14.9. The highest BCUT2D eigenvalue weighted by molar-refractivity contribution is 5.80. The van der Waals surface area contributed by atoms with Gasteiger partial charge in [-0.15, -0.1) is 0 Å². The highest BCUT2D eigenvalue weighted by Gasteiger charge is 2.49. The number of fused-ring (bicyclic) bond motifs is 2. The van der Waals surface area contributed by atoms with Crippen LogP contribution in [0.2, 0.25) is 0 Å². The number of nitrogens with one attached hydrogen (secondary N) is 1. The summed E-state index contributed by atoms with van der Waals surface area (Å²) in [6.45, 7) is 9.87. The standard InChI is InChI=1S/C17H33N3O/c1-4-20(5-2)10-6-7-12(3)19-17(21)15-13-8-9-14(11-13)16(15)18/h12-16H,4-11,18H2,1-3H3,(H,19,21). The molecule has 0 aliphatic heterocycles.